The molecule has 2 aliphatic heterocycles. The van der Waals surface area contributed by atoms with Crippen molar-refractivity contribution in [3.63, 3.8) is 0 Å². The lowest BCUT2D eigenvalue weighted by atomic mass is 9.76. The zero-order chi connectivity index (χ0) is 16.6. The van der Waals surface area contributed by atoms with E-state index in [1.54, 1.807) is 13.0 Å². The van der Waals surface area contributed by atoms with Crippen LogP contribution >= 0.6 is 23.4 Å². The van der Waals surface area contributed by atoms with Crippen molar-refractivity contribution in [3.05, 3.63) is 46.1 Å². The van der Waals surface area contributed by atoms with Gasteiger partial charge in [-0.05, 0) is 25.5 Å². The number of carbonyl (C=O) groups excluding carboxylic acids is 2. The van der Waals surface area contributed by atoms with E-state index in [2.05, 4.69) is 4.99 Å². The van der Waals surface area contributed by atoms with Gasteiger partial charge in [-0.2, -0.15) is 0 Å². The average molecular weight is 350 g/mol. The van der Waals surface area contributed by atoms with Crippen LogP contribution in [0.2, 0.25) is 5.02 Å². The maximum Gasteiger partial charge on any atom is 0.315 e. The van der Waals surface area contributed by atoms with Crippen molar-refractivity contribution in [2.75, 3.05) is 12.4 Å². The predicted octanol–water partition coefficient (Wildman–Crippen LogP) is 3.60. The summed E-state index contributed by atoms with van der Waals surface area (Å²) >= 11 is 7.58. The van der Waals surface area contributed by atoms with E-state index in [0.29, 0.717) is 22.1 Å². The topological polar surface area (TPSA) is 55.7 Å². The minimum atomic E-state index is -0.615. The van der Waals surface area contributed by atoms with Crippen LogP contribution in [0.3, 0.4) is 0 Å². The second-order valence-electron chi connectivity index (χ2n) is 5.42. The van der Waals surface area contributed by atoms with Gasteiger partial charge in [0.1, 0.15) is 5.92 Å². The number of aliphatic imine (C=N–C) groups is 1. The quantitative estimate of drug-likeness (QED) is 0.782. The van der Waals surface area contributed by atoms with Crippen LogP contribution in [0.4, 0.5) is 0 Å². The van der Waals surface area contributed by atoms with E-state index in [-0.39, 0.29) is 17.7 Å². The molecular formula is C17H16ClNO3S. The van der Waals surface area contributed by atoms with E-state index in [4.69, 9.17) is 16.3 Å². The summed E-state index contributed by atoms with van der Waals surface area (Å²) < 4.78 is 5.22. The first-order valence-electron chi connectivity index (χ1n) is 7.41. The Hall–Kier alpha value is -1.59. The molecule has 2 aliphatic rings. The number of halogens is 1. The molecule has 6 heteroatoms. The molecule has 0 N–H and O–H groups in total. The molecule has 120 valence electrons. The van der Waals surface area contributed by atoms with Crippen LogP contribution in [0.1, 0.15) is 25.3 Å². The van der Waals surface area contributed by atoms with Gasteiger partial charge in [0.2, 0.25) is 5.12 Å². The summed E-state index contributed by atoms with van der Waals surface area (Å²) in [6, 6.07) is 7.32. The van der Waals surface area contributed by atoms with Crippen LogP contribution in [0.15, 0.2) is 40.5 Å². The van der Waals surface area contributed by atoms with Crippen LogP contribution < -0.4 is 0 Å². The van der Waals surface area contributed by atoms with Gasteiger partial charge in [-0.1, -0.05) is 41.6 Å². The Kier molecular flexibility index (Phi) is 4.60. The Morgan fingerprint density at radius 2 is 2.17 bits per heavy atom. The van der Waals surface area contributed by atoms with E-state index in [0.717, 1.165) is 11.3 Å². The summed E-state index contributed by atoms with van der Waals surface area (Å²) in [4.78, 5) is 29.4. The van der Waals surface area contributed by atoms with Gasteiger partial charge in [0.15, 0.2) is 0 Å². The van der Waals surface area contributed by atoms with Crippen molar-refractivity contribution in [3.8, 4) is 0 Å². The molecule has 23 heavy (non-hydrogen) atoms. The normalized spacial score (nSPS) is 23.6. The molecular weight excluding hydrogens is 334 g/mol. The maximum absolute atomic E-state index is 12.5. The molecule has 0 bridgehead atoms. The Balaban J connectivity index is 2.16. The zero-order valence-electron chi connectivity index (χ0n) is 12.8. The van der Waals surface area contributed by atoms with Crippen molar-refractivity contribution in [1.29, 1.82) is 0 Å². The van der Waals surface area contributed by atoms with Crippen molar-refractivity contribution >= 4 is 40.2 Å². The molecule has 4 nitrogen and oxygen atoms in total. The number of benzene rings is 1. The fourth-order valence-electron chi connectivity index (χ4n) is 3.10. The molecule has 0 fully saturated rings. The monoisotopic (exact) mass is 349 g/mol. The Bertz CT molecular complexity index is 741. The highest BCUT2D eigenvalue weighted by Gasteiger charge is 2.45. The van der Waals surface area contributed by atoms with Gasteiger partial charge in [0.25, 0.3) is 0 Å². The number of hydrogen-bond acceptors (Lipinski definition) is 5. The largest absolute Gasteiger partial charge is 0.465 e. The van der Waals surface area contributed by atoms with Crippen molar-refractivity contribution < 1.29 is 14.3 Å². The summed E-state index contributed by atoms with van der Waals surface area (Å²) in [6.45, 7) is 3.86. The number of thioether (sulfide) groups is 1. The highest BCUT2D eigenvalue weighted by Crippen LogP contribution is 2.47. The molecule has 3 rings (SSSR count). The second-order valence-corrected chi connectivity index (χ2v) is 6.77. The van der Waals surface area contributed by atoms with Gasteiger partial charge in [0, 0.05) is 28.0 Å². The number of ether oxygens (including phenoxy) is 1. The van der Waals surface area contributed by atoms with Crippen LogP contribution in [0, 0.1) is 5.92 Å². The molecule has 0 amide bonds. The molecule has 2 unspecified atom stereocenters. The summed E-state index contributed by atoms with van der Waals surface area (Å²) in [6.07, 6.45) is 0. The molecule has 1 aromatic rings. The lowest BCUT2D eigenvalue weighted by molar-refractivity contribution is -0.146. The highest BCUT2D eigenvalue weighted by atomic mass is 35.5. The van der Waals surface area contributed by atoms with Crippen LogP contribution in [0.25, 0.3) is 0 Å². The molecule has 0 spiro atoms. The molecule has 0 aromatic heterocycles. The van der Waals surface area contributed by atoms with Gasteiger partial charge in [-0.3, -0.25) is 14.6 Å². The third kappa shape index (κ3) is 2.83. The Morgan fingerprint density at radius 3 is 2.87 bits per heavy atom. The van der Waals surface area contributed by atoms with Gasteiger partial charge in [0.05, 0.1) is 12.3 Å². The van der Waals surface area contributed by atoms with Crippen molar-refractivity contribution in [2.24, 2.45) is 10.9 Å². The second kappa shape index (κ2) is 6.49. The number of nitrogens with zero attached hydrogens (tertiary/aromatic N) is 1. The zero-order valence-corrected chi connectivity index (χ0v) is 14.4. The molecule has 0 saturated carbocycles. The fraction of sp³-hybridized carbons (Fsp3) is 0.353. The third-order valence-corrected chi connectivity index (χ3v) is 5.30. The summed E-state index contributed by atoms with van der Waals surface area (Å²) in [7, 11) is 0. The van der Waals surface area contributed by atoms with E-state index >= 15 is 0 Å². The molecule has 1 aromatic carbocycles. The molecule has 2 atom stereocenters. The first-order chi connectivity index (χ1) is 11.0. The van der Waals surface area contributed by atoms with E-state index in [1.165, 1.54) is 11.8 Å². The summed E-state index contributed by atoms with van der Waals surface area (Å²) in [5.41, 5.74) is 2.78. The van der Waals surface area contributed by atoms with Gasteiger partial charge in [-0.15, -0.1) is 0 Å². The van der Waals surface area contributed by atoms with Gasteiger partial charge >= 0.3 is 5.97 Å². The summed E-state index contributed by atoms with van der Waals surface area (Å²) in [5.74, 6) is -0.869. The predicted molar refractivity (Wildman–Crippen MR) is 91.9 cm³/mol. The Morgan fingerprint density at radius 1 is 1.43 bits per heavy atom. The lowest BCUT2D eigenvalue weighted by Gasteiger charge is -2.30. The van der Waals surface area contributed by atoms with Crippen LogP contribution in [-0.4, -0.2) is 29.2 Å². The molecule has 0 radical (unpaired) electrons. The fourth-order valence-corrected chi connectivity index (χ4v) is 4.24. The number of hydrogen-bond donors (Lipinski definition) is 0. The van der Waals surface area contributed by atoms with Crippen molar-refractivity contribution in [1.82, 2.24) is 0 Å². The van der Waals surface area contributed by atoms with Gasteiger partial charge < -0.3 is 4.74 Å². The minimum absolute atomic E-state index is 0.0320. The minimum Gasteiger partial charge on any atom is -0.465 e. The lowest BCUT2D eigenvalue weighted by Crippen LogP contribution is -2.35. The smallest absolute Gasteiger partial charge is 0.315 e. The van der Waals surface area contributed by atoms with Gasteiger partial charge in [-0.25, -0.2) is 0 Å². The first kappa shape index (κ1) is 16.3. The third-order valence-electron chi connectivity index (χ3n) is 4.06. The Labute approximate surface area is 144 Å². The number of carbonyl (C=O) groups is 2. The highest BCUT2D eigenvalue weighted by molar-refractivity contribution is 8.14. The molecule has 0 saturated heterocycles. The van der Waals surface area contributed by atoms with E-state index in [9.17, 15) is 9.59 Å². The van der Waals surface area contributed by atoms with Crippen molar-refractivity contribution in [2.45, 2.75) is 19.8 Å². The summed E-state index contributed by atoms with van der Waals surface area (Å²) in [5, 5.41) is 0.508. The maximum atomic E-state index is 12.5. The standard InChI is InChI=1S/C17H16ClNO3S/c1-3-22-16(20)13-9(2)19-12-8-23-17(21)15(12)14(13)10-6-4-5-7-11(10)18/h4-7,13-14H,3,8H2,1-2H3. The molecule has 2 heterocycles. The van der Waals surface area contributed by atoms with Crippen LogP contribution in [-0.2, 0) is 14.3 Å². The first-order valence-corrected chi connectivity index (χ1v) is 8.77. The SMILES string of the molecule is CCOC(=O)C1C(C)=NC2=C(C(=O)SC2)C1c1ccccc1Cl. The number of esters is 1. The molecule has 0 aliphatic carbocycles. The van der Waals surface area contributed by atoms with E-state index < -0.39 is 11.8 Å². The van der Waals surface area contributed by atoms with Crippen LogP contribution in [0.5, 0.6) is 0 Å². The number of rotatable bonds is 3. The average Bonchev–Trinajstić information content (AvgIpc) is 2.87. The van der Waals surface area contributed by atoms with E-state index in [1.807, 2.05) is 25.1 Å².